The molecule has 2 heteroatoms. The summed E-state index contributed by atoms with van der Waals surface area (Å²) in [5, 5.41) is 0. The van der Waals surface area contributed by atoms with E-state index in [0.29, 0.717) is 0 Å². The molecule has 2 aliphatic rings. The van der Waals surface area contributed by atoms with Crippen LogP contribution in [0.15, 0.2) is 48.5 Å². The average molecular weight is 379 g/mol. The van der Waals surface area contributed by atoms with Crippen LogP contribution in [0.5, 0.6) is 0 Å². The number of carbonyl (C=O) groups excluding carboxylic acids is 1. The van der Waals surface area contributed by atoms with Crippen LogP contribution in [0.1, 0.15) is 50.5 Å². The van der Waals surface area contributed by atoms with Gasteiger partial charge in [0.2, 0.25) is 0 Å². The first-order chi connectivity index (χ1) is 11.4. The summed E-state index contributed by atoms with van der Waals surface area (Å²) in [6.07, 6.45) is 0. The monoisotopic (exact) mass is 379 g/mol. The fraction of sp³-hybridized carbons (Fsp3) is 0.435. The van der Waals surface area contributed by atoms with Gasteiger partial charge >= 0.3 is 0 Å². The summed E-state index contributed by atoms with van der Waals surface area (Å²) in [5.74, 6) is 4.83. The van der Waals surface area contributed by atoms with E-state index in [-0.39, 0.29) is 22.6 Å². The van der Waals surface area contributed by atoms with Gasteiger partial charge in [0.25, 0.3) is 0 Å². The van der Waals surface area contributed by atoms with Gasteiger partial charge in [-0.25, -0.2) is 0 Å². The molecular weight excluding hydrogens is 351 g/mol. The first-order valence-corrected chi connectivity index (χ1v) is 9.16. The van der Waals surface area contributed by atoms with Gasteiger partial charge in [0, 0.05) is 27.9 Å². The van der Waals surface area contributed by atoms with E-state index < -0.39 is 0 Å². The molecule has 0 amide bonds. The van der Waals surface area contributed by atoms with Crippen LogP contribution >= 0.6 is 0 Å². The summed E-state index contributed by atoms with van der Waals surface area (Å²) in [6.45, 7) is 12.0. The molecule has 0 N–H and O–H groups in total. The maximum absolute atomic E-state index is 11.9. The Hall–Kier alpha value is -1.38. The fourth-order valence-corrected chi connectivity index (χ4v) is 4.37. The third-order valence-corrected chi connectivity index (χ3v) is 6.78. The van der Waals surface area contributed by atoms with Gasteiger partial charge in [0.15, 0.2) is 5.78 Å². The Kier molecular flexibility index (Phi) is 6.29. The molecule has 1 saturated carbocycles. The van der Waals surface area contributed by atoms with Crippen molar-refractivity contribution in [3.63, 3.8) is 0 Å². The summed E-state index contributed by atoms with van der Waals surface area (Å²) >= 11 is 0. The van der Waals surface area contributed by atoms with Gasteiger partial charge < -0.3 is 0 Å². The van der Waals surface area contributed by atoms with Crippen LogP contribution in [-0.2, 0) is 16.8 Å². The van der Waals surface area contributed by atoms with Crippen molar-refractivity contribution in [2.45, 2.75) is 34.6 Å². The molecule has 2 aromatic carbocycles. The Morgan fingerprint density at radius 2 is 0.760 bits per heavy atom. The number of fused-ring (bicyclic) bond motifs is 3. The van der Waals surface area contributed by atoms with Crippen LogP contribution in [0, 0.1) is 29.6 Å². The number of benzene rings is 2. The standard InChI is InChI=1S/C13H8O.C10H20.Co/c14-13-11-7-3-1-5-9(11)10-6-2-4-8-12(10)13;1-6-7(2)9(4)10(5)8(6)3;/h1-8H;6-10H,1-5H3;. The van der Waals surface area contributed by atoms with Crippen molar-refractivity contribution in [1.29, 1.82) is 0 Å². The second kappa shape index (κ2) is 7.88. The summed E-state index contributed by atoms with van der Waals surface area (Å²) in [6, 6.07) is 15.5. The maximum atomic E-state index is 11.9. The van der Waals surface area contributed by atoms with Gasteiger partial charge in [-0.3, -0.25) is 4.79 Å². The van der Waals surface area contributed by atoms with Crippen LogP contribution in [-0.4, -0.2) is 5.78 Å². The predicted octanol–water partition coefficient (Wildman–Crippen LogP) is 6.08. The molecular formula is C23H28CoO. The third-order valence-electron chi connectivity index (χ3n) is 6.78. The van der Waals surface area contributed by atoms with E-state index in [1.165, 1.54) is 0 Å². The van der Waals surface area contributed by atoms with E-state index in [1.54, 1.807) is 0 Å². The molecule has 0 bridgehead atoms. The van der Waals surface area contributed by atoms with Gasteiger partial charge in [-0.05, 0) is 40.7 Å². The van der Waals surface area contributed by atoms with Crippen molar-refractivity contribution >= 4 is 5.78 Å². The Labute approximate surface area is 162 Å². The van der Waals surface area contributed by atoms with Crippen LogP contribution < -0.4 is 0 Å². The summed E-state index contributed by atoms with van der Waals surface area (Å²) in [7, 11) is 0. The first kappa shape index (κ1) is 19.9. The van der Waals surface area contributed by atoms with Gasteiger partial charge in [-0.1, -0.05) is 83.1 Å². The van der Waals surface area contributed by atoms with E-state index in [1.807, 2.05) is 48.5 Å². The van der Waals surface area contributed by atoms with Crippen molar-refractivity contribution in [3.05, 3.63) is 59.7 Å². The Bertz CT molecular complexity index is 659. The molecule has 135 valence electrons. The van der Waals surface area contributed by atoms with Gasteiger partial charge in [0.1, 0.15) is 0 Å². The zero-order valence-electron chi connectivity index (χ0n) is 15.7. The molecule has 0 unspecified atom stereocenters. The first-order valence-electron chi connectivity index (χ1n) is 9.16. The smallest absolute Gasteiger partial charge is 0.194 e. The van der Waals surface area contributed by atoms with Crippen LogP contribution in [0.25, 0.3) is 11.1 Å². The topological polar surface area (TPSA) is 17.1 Å². The molecule has 1 fully saturated rings. The van der Waals surface area contributed by atoms with Gasteiger partial charge in [0.05, 0.1) is 0 Å². The second-order valence-corrected chi connectivity index (χ2v) is 7.72. The molecule has 0 aliphatic heterocycles. The molecule has 0 spiro atoms. The minimum absolute atomic E-state index is 0. The molecule has 2 aliphatic carbocycles. The maximum Gasteiger partial charge on any atom is 0.194 e. The largest absolute Gasteiger partial charge is 0.289 e. The van der Waals surface area contributed by atoms with Crippen LogP contribution in [0.2, 0.25) is 0 Å². The van der Waals surface area contributed by atoms with Crippen molar-refractivity contribution in [3.8, 4) is 11.1 Å². The third kappa shape index (κ3) is 3.47. The number of ketones is 1. The molecule has 0 saturated heterocycles. The molecule has 1 radical (unpaired) electrons. The van der Waals surface area contributed by atoms with Gasteiger partial charge in [-0.15, -0.1) is 0 Å². The van der Waals surface area contributed by atoms with Crippen molar-refractivity contribution in [2.24, 2.45) is 29.6 Å². The fourth-order valence-electron chi connectivity index (χ4n) is 4.37. The van der Waals surface area contributed by atoms with Crippen LogP contribution in [0.3, 0.4) is 0 Å². The molecule has 0 heterocycles. The normalized spacial score (nSPS) is 29.2. The van der Waals surface area contributed by atoms with E-state index >= 15 is 0 Å². The quantitative estimate of drug-likeness (QED) is 0.463. The van der Waals surface area contributed by atoms with Crippen molar-refractivity contribution < 1.29 is 21.6 Å². The van der Waals surface area contributed by atoms with Gasteiger partial charge in [-0.2, -0.15) is 0 Å². The Morgan fingerprint density at radius 3 is 1.04 bits per heavy atom. The average Bonchev–Trinajstić information content (AvgIpc) is 3.00. The van der Waals surface area contributed by atoms with Crippen LogP contribution in [0.4, 0.5) is 0 Å². The molecule has 2 aromatic rings. The molecule has 4 rings (SSSR count). The minimum atomic E-state index is 0. The summed E-state index contributed by atoms with van der Waals surface area (Å²) in [4.78, 5) is 11.9. The molecule has 1 nitrogen and oxygen atoms in total. The van der Waals surface area contributed by atoms with E-state index in [9.17, 15) is 4.79 Å². The number of rotatable bonds is 0. The predicted molar refractivity (Wildman–Crippen MR) is 101 cm³/mol. The molecule has 25 heavy (non-hydrogen) atoms. The van der Waals surface area contributed by atoms with E-state index in [0.717, 1.165) is 51.8 Å². The van der Waals surface area contributed by atoms with E-state index in [4.69, 9.17) is 0 Å². The zero-order chi connectivity index (χ0) is 17.4. The summed E-state index contributed by atoms with van der Waals surface area (Å²) < 4.78 is 0. The zero-order valence-corrected chi connectivity index (χ0v) is 16.8. The Morgan fingerprint density at radius 1 is 0.520 bits per heavy atom. The second-order valence-electron chi connectivity index (χ2n) is 7.72. The molecule has 0 aromatic heterocycles. The molecule has 0 atom stereocenters. The number of carbonyl (C=O) groups is 1. The van der Waals surface area contributed by atoms with Crippen molar-refractivity contribution in [2.75, 3.05) is 0 Å². The van der Waals surface area contributed by atoms with Crippen molar-refractivity contribution in [1.82, 2.24) is 0 Å². The van der Waals surface area contributed by atoms with E-state index in [2.05, 4.69) is 34.6 Å². The number of hydrogen-bond donors (Lipinski definition) is 0. The summed E-state index contributed by atoms with van der Waals surface area (Å²) in [5.41, 5.74) is 3.78. The minimum Gasteiger partial charge on any atom is -0.289 e. The Balaban J connectivity index is 0.000000184. The number of hydrogen-bond acceptors (Lipinski definition) is 1. The SMILES string of the molecule is CC1C(C)C(C)C(C)C1C.O=C1c2ccccc2-c2ccccc21.[Co].